The van der Waals surface area contributed by atoms with E-state index < -0.39 is 10.0 Å². The number of nitrogens with two attached hydrogens (primary N) is 1. The van der Waals surface area contributed by atoms with Crippen LogP contribution in [0, 0.1) is 17.1 Å². The molecule has 0 fully saturated rings. The van der Waals surface area contributed by atoms with Gasteiger partial charge in [-0.05, 0) is 48.4 Å². The van der Waals surface area contributed by atoms with Crippen molar-refractivity contribution < 1.29 is 12.8 Å². The van der Waals surface area contributed by atoms with Crippen molar-refractivity contribution in [2.24, 2.45) is 5.14 Å². The van der Waals surface area contributed by atoms with Crippen LogP contribution in [0.4, 0.5) is 10.1 Å². The van der Waals surface area contributed by atoms with Gasteiger partial charge in [-0.3, -0.25) is 0 Å². The van der Waals surface area contributed by atoms with E-state index in [0.29, 0.717) is 30.6 Å². The minimum atomic E-state index is -3.73. The summed E-state index contributed by atoms with van der Waals surface area (Å²) in [4.78, 5) is 2.04. The van der Waals surface area contributed by atoms with Crippen molar-refractivity contribution in [1.29, 1.82) is 5.26 Å². The molecule has 2 aromatic carbocycles. The van der Waals surface area contributed by atoms with Gasteiger partial charge in [0.25, 0.3) is 0 Å². The monoisotopic (exact) mass is 331 g/mol. The molecular weight excluding hydrogens is 317 g/mol. The number of hydrogen-bond acceptors (Lipinski definition) is 4. The lowest BCUT2D eigenvalue weighted by molar-refractivity contribution is 0.597. The zero-order valence-corrected chi connectivity index (χ0v) is 13.0. The van der Waals surface area contributed by atoms with Crippen molar-refractivity contribution in [1.82, 2.24) is 0 Å². The predicted octanol–water partition coefficient (Wildman–Crippen LogP) is 1.91. The Labute approximate surface area is 133 Å². The summed E-state index contributed by atoms with van der Waals surface area (Å²) in [6, 6.07) is 11.0. The molecule has 0 unspecified atom stereocenters. The van der Waals surface area contributed by atoms with Crippen molar-refractivity contribution in [2.45, 2.75) is 17.9 Å². The van der Waals surface area contributed by atoms with E-state index in [1.54, 1.807) is 12.1 Å². The lowest BCUT2D eigenvalue weighted by atomic mass is 10.1. The van der Waals surface area contributed by atoms with Gasteiger partial charge < -0.3 is 4.90 Å². The van der Waals surface area contributed by atoms with Gasteiger partial charge in [-0.15, -0.1) is 0 Å². The number of nitrogens with zero attached hydrogens (tertiary/aromatic N) is 2. The topological polar surface area (TPSA) is 87.2 Å². The van der Waals surface area contributed by atoms with Crippen LogP contribution in [0.5, 0.6) is 0 Å². The van der Waals surface area contributed by atoms with Crippen molar-refractivity contribution in [3.05, 3.63) is 58.9 Å². The molecule has 0 amide bonds. The maximum Gasteiger partial charge on any atom is 0.238 e. The normalized spacial score (nSPS) is 13.7. The summed E-state index contributed by atoms with van der Waals surface area (Å²) in [7, 11) is -3.73. The van der Waals surface area contributed by atoms with Crippen molar-refractivity contribution >= 4 is 15.7 Å². The zero-order chi connectivity index (χ0) is 16.6. The molecule has 0 saturated heterocycles. The highest BCUT2D eigenvalue weighted by Gasteiger charge is 2.22. The number of anilines is 1. The molecule has 5 nitrogen and oxygen atoms in total. The quantitative estimate of drug-likeness (QED) is 0.930. The molecule has 1 aliphatic rings. The third-order valence-corrected chi connectivity index (χ3v) is 4.82. The van der Waals surface area contributed by atoms with Gasteiger partial charge in [0.1, 0.15) is 5.82 Å². The Morgan fingerprint density at radius 2 is 2.04 bits per heavy atom. The molecule has 7 heteroatoms. The molecule has 0 aromatic heterocycles. The summed E-state index contributed by atoms with van der Waals surface area (Å²) < 4.78 is 36.7. The minimum absolute atomic E-state index is 0.0794. The number of rotatable bonds is 3. The molecule has 1 aliphatic heterocycles. The number of primary sulfonamides is 1. The average molecular weight is 331 g/mol. The van der Waals surface area contributed by atoms with Gasteiger partial charge >= 0.3 is 0 Å². The van der Waals surface area contributed by atoms with Crippen LogP contribution in [-0.4, -0.2) is 15.0 Å². The number of benzene rings is 2. The molecule has 3 rings (SSSR count). The molecular formula is C16H14FN3O2S. The molecule has 0 atom stereocenters. The number of hydrogen-bond donors (Lipinski definition) is 1. The molecule has 0 spiro atoms. The highest BCUT2D eigenvalue weighted by molar-refractivity contribution is 7.89. The van der Waals surface area contributed by atoms with E-state index in [-0.39, 0.29) is 10.7 Å². The SMILES string of the molecule is N#Cc1ccc(F)c(CN2CCc3cc(S(N)(=O)=O)ccc32)c1. The fourth-order valence-corrected chi connectivity index (χ4v) is 3.32. The van der Waals surface area contributed by atoms with Crippen LogP contribution in [-0.2, 0) is 23.0 Å². The average Bonchev–Trinajstić information content (AvgIpc) is 2.91. The molecule has 0 bridgehead atoms. The lowest BCUT2D eigenvalue weighted by Gasteiger charge is -2.20. The third kappa shape index (κ3) is 3.04. The minimum Gasteiger partial charge on any atom is -0.367 e. The van der Waals surface area contributed by atoms with Crippen LogP contribution in [0.2, 0.25) is 0 Å². The standard InChI is InChI=1S/C16H14FN3O2S/c17-15-3-1-11(9-18)7-13(15)10-20-6-5-12-8-14(23(19,21)22)2-4-16(12)20/h1-4,7-8H,5-6,10H2,(H2,19,21,22). The fraction of sp³-hybridized carbons (Fsp3) is 0.188. The summed E-state index contributed by atoms with van der Waals surface area (Å²) >= 11 is 0. The molecule has 0 saturated carbocycles. The first-order chi connectivity index (χ1) is 10.9. The Balaban J connectivity index is 1.91. The fourth-order valence-electron chi connectivity index (χ4n) is 2.76. The van der Waals surface area contributed by atoms with Gasteiger partial charge in [0.15, 0.2) is 0 Å². The maximum absolute atomic E-state index is 13.9. The molecule has 0 aliphatic carbocycles. The predicted molar refractivity (Wildman–Crippen MR) is 83.7 cm³/mol. The van der Waals surface area contributed by atoms with Crippen molar-refractivity contribution in [2.75, 3.05) is 11.4 Å². The van der Waals surface area contributed by atoms with Crippen LogP contribution in [0.15, 0.2) is 41.3 Å². The molecule has 118 valence electrons. The van der Waals surface area contributed by atoms with E-state index in [2.05, 4.69) is 0 Å². The highest BCUT2D eigenvalue weighted by Crippen LogP contribution is 2.31. The Kier molecular flexibility index (Phi) is 3.80. The van der Waals surface area contributed by atoms with Crippen LogP contribution < -0.4 is 10.0 Å². The molecule has 23 heavy (non-hydrogen) atoms. The van der Waals surface area contributed by atoms with Gasteiger partial charge in [0, 0.05) is 24.3 Å². The second-order valence-electron chi connectivity index (χ2n) is 5.43. The van der Waals surface area contributed by atoms with E-state index in [1.807, 2.05) is 11.0 Å². The summed E-state index contributed by atoms with van der Waals surface area (Å²) in [6.45, 7) is 0.975. The van der Waals surface area contributed by atoms with E-state index in [0.717, 1.165) is 11.3 Å². The largest absolute Gasteiger partial charge is 0.367 e. The Bertz CT molecular complexity index is 919. The highest BCUT2D eigenvalue weighted by atomic mass is 32.2. The van der Waals surface area contributed by atoms with Crippen molar-refractivity contribution in [3.8, 4) is 6.07 Å². The number of sulfonamides is 1. The van der Waals surface area contributed by atoms with Gasteiger partial charge in [-0.2, -0.15) is 5.26 Å². The smallest absolute Gasteiger partial charge is 0.238 e. The molecule has 2 N–H and O–H groups in total. The van der Waals surface area contributed by atoms with Crippen LogP contribution in [0.3, 0.4) is 0 Å². The second-order valence-corrected chi connectivity index (χ2v) is 6.99. The number of nitriles is 1. The first kappa shape index (κ1) is 15.5. The van der Waals surface area contributed by atoms with Gasteiger partial charge in [0.2, 0.25) is 10.0 Å². The van der Waals surface area contributed by atoms with Gasteiger partial charge in [-0.1, -0.05) is 0 Å². The van der Waals surface area contributed by atoms with Crippen molar-refractivity contribution in [3.63, 3.8) is 0 Å². The first-order valence-corrected chi connectivity index (χ1v) is 8.52. The van der Waals surface area contributed by atoms with Crippen LogP contribution >= 0.6 is 0 Å². The van der Waals surface area contributed by atoms with Crippen LogP contribution in [0.25, 0.3) is 0 Å². The van der Waals surface area contributed by atoms with Crippen LogP contribution in [0.1, 0.15) is 16.7 Å². The maximum atomic E-state index is 13.9. The van der Waals surface area contributed by atoms with E-state index in [4.69, 9.17) is 10.4 Å². The van der Waals surface area contributed by atoms with Gasteiger partial charge in [-0.25, -0.2) is 17.9 Å². The Hall–Kier alpha value is -2.43. The summed E-state index contributed by atoms with van der Waals surface area (Å²) in [6.07, 6.45) is 0.665. The first-order valence-electron chi connectivity index (χ1n) is 6.97. The van der Waals surface area contributed by atoms with E-state index in [1.165, 1.54) is 24.3 Å². The van der Waals surface area contributed by atoms with E-state index in [9.17, 15) is 12.8 Å². The Morgan fingerprint density at radius 3 is 2.74 bits per heavy atom. The second kappa shape index (κ2) is 5.65. The summed E-state index contributed by atoms with van der Waals surface area (Å²) in [5.74, 6) is -0.362. The summed E-state index contributed by atoms with van der Waals surface area (Å²) in [5, 5.41) is 14.1. The molecule has 2 aromatic rings. The van der Waals surface area contributed by atoms with E-state index >= 15 is 0 Å². The number of halogens is 1. The lowest BCUT2D eigenvalue weighted by Crippen LogP contribution is -2.20. The zero-order valence-electron chi connectivity index (χ0n) is 12.2. The summed E-state index contributed by atoms with van der Waals surface area (Å²) in [5.41, 5.74) is 2.57. The molecule has 1 heterocycles. The molecule has 0 radical (unpaired) electrons. The Morgan fingerprint density at radius 1 is 1.26 bits per heavy atom. The third-order valence-electron chi connectivity index (χ3n) is 3.91. The number of fused-ring (bicyclic) bond motifs is 1. The van der Waals surface area contributed by atoms with Gasteiger partial charge in [0.05, 0.1) is 16.5 Å².